The summed E-state index contributed by atoms with van der Waals surface area (Å²) in [6, 6.07) is 0. The van der Waals surface area contributed by atoms with Crippen molar-refractivity contribution in [2.45, 2.75) is 26.3 Å². The van der Waals surface area contributed by atoms with Crippen LogP contribution in [0.5, 0.6) is 0 Å². The van der Waals surface area contributed by atoms with Gasteiger partial charge in [0.15, 0.2) is 0 Å². The Morgan fingerprint density at radius 1 is 1.44 bits per heavy atom. The van der Waals surface area contributed by atoms with Gasteiger partial charge in [0.2, 0.25) is 5.91 Å². The molecule has 3 N–H and O–H groups in total. The summed E-state index contributed by atoms with van der Waals surface area (Å²) < 4.78 is 2.01. The number of nitrogens with one attached hydrogen (secondary N) is 1. The van der Waals surface area contributed by atoms with E-state index in [2.05, 4.69) is 5.32 Å². The fourth-order valence-corrected chi connectivity index (χ4v) is 1.50. The van der Waals surface area contributed by atoms with Crippen LogP contribution in [0.15, 0.2) is 15.8 Å². The number of nitrogen functional groups attached to an aromatic ring is 1. The summed E-state index contributed by atoms with van der Waals surface area (Å²) in [6.45, 7) is 2.23. The zero-order valence-corrected chi connectivity index (χ0v) is 10.6. The molecule has 0 aliphatic heterocycles. The zero-order chi connectivity index (χ0) is 13.7. The van der Waals surface area contributed by atoms with Gasteiger partial charge in [-0.05, 0) is 6.42 Å². The number of rotatable bonds is 5. The van der Waals surface area contributed by atoms with E-state index in [9.17, 15) is 14.4 Å². The molecule has 0 aliphatic carbocycles. The maximum Gasteiger partial charge on any atom is 0.331 e. The summed E-state index contributed by atoms with van der Waals surface area (Å²) in [5, 5.41) is 2.64. The molecule has 7 nitrogen and oxygen atoms in total. The van der Waals surface area contributed by atoms with E-state index in [-0.39, 0.29) is 18.1 Å². The third-order valence-corrected chi connectivity index (χ3v) is 2.51. The number of aryl methyl sites for hydroxylation is 1. The largest absolute Gasteiger partial charge is 0.393 e. The molecule has 0 radical (unpaired) electrons. The summed E-state index contributed by atoms with van der Waals surface area (Å²) in [5.74, 6) is -0.367. The first-order chi connectivity index (χ1) is 8.47. The minimum Gasteiger partial charge on any atom is -0.393 e. The number of nitrogens with zero attached hydrogens (tertiary/aromatic N) is 2. The van der Waals surface area contributed by atoms with E-state index in [1.807, 2.05) is 6.92 Å². The average molecular weight is 254 g/mol. The Morgan fingerprint density at radius 3 is 2.72 bits per heavy atom. The molecule has 0 aliphatic rings. The first kappa shape index (κ1) is 14.0. The van der Waals surface area contributed by atoms with Crippen LogP contribution in [0.1, 0.15) is 19.8 Å². The predicted octanol–water partition coefficient (Wildman–Crippen LogP) is -0.954. The third kappa shape index (κ3) is 3.22. The first-order valence-electron chi connectivity index (χ1n) is 5.80. The second-order valence-corrected chi connectivity index (χ2v) is 4.07. The number of aromatic nitrogens is 2. The summed E-state index contributed by atoms with van der Waals surface area (Å²) in [4.78, 5) is 34.9. The quantitative estimate of drug-likeness (QED) is 0.661. The third-order valence-electron chi connectivity index (χ3n) is 2.51. The number of hydrogen-bond donors (Lipinski definition) is 2. The van der Waals surface area contributed by atoms with Gasteiger partial charge in [0.1, 0.15) is 12.2 Å². The Morgan fingerprint density at radius 2 is 2.11 bits per heavy atom. The molecule has 0 fully saturated rings. The van der Waals surface area contributed by atoms with Gasteiger partial charge in [0.05, 0.1) is 0 Å². The minimum absolute atomic E-state index is 0.0570. The monoisotopic (exact) mass is 254 g/mol. The van der Waals surface area contributed by atoms with Gasteiger partial charge in [-0.1, -0.05) is 13.3 Å². The molecule has 0 aromatic carbocycles. The number of anilines is 1. The molecule has 1 amide bonds. The molecule has 1 heterocycles. The lowest BCUT2D eigenvalue weighted by Crippen LogP contribution is -2.43. The van der Waals surface area contributed by atoms with Crippen LogP contribution in [-0.4, -0.2) is 21.6 Å². The van der Waals surface area contributed by atoms with Gasteiger partial charge in [-0.2, -0.15) is 0 Å². The molecule has 7 heteroatoms. The van der Waals surface area contributed by atoms with Gasteiger partial charge in [0, 0.05) is 19.8 Å². The number of amides is 1. The van der Waals surface area contributed by atoms with Crippen molar-refractivity contribution < 1.29 is 4.79 Å². The lowest BCUT2D eigenvalue weighted by molar-refractivity contribution is -0.121. The van der Waals surface area contributed by atoms with Crippen LogP contribution in [-0.2, 0) is 18.4 Å². The summed E-state index contributed by atoms with van der Waals surface area (Å²) >= 11 is 0. The van der Waals surface area contributed by atoms with Crippen LogP contribution in [0.2, 0.25) is 0 Å². The van der Waals surface area contributed by atoms with Gasteiger partial charge in [0.25, 0.3) is 5.56 Å². The lowest BCUT2D eigenvalue weighted by Gasteiger charge is -2.08. The lowest BCUT2D eigenvalue weighted by atomic mass is 10.3. The normalized spacial score (nSPS) is 10.3. The van der Waals surface area contributed by atoms with Gasteiger partial charge in [-0.25, -0.2) is 9.36 Å². The first-order valence-corrected chi connectivity index (χ1v) is 5.80. The van der Waals surface area contributed by atoms with E-state index < -0.39 is 11.2 Å². The SMILES string of the molecule is CCCCNC(=O)Cn1c(=O)c(N)cn(C)c1=O. The van der Waals surface area contributed by atoms with Crippen LogP contribution in [0.25, 0.3) is 0 Å². The van der Waals surface area contributed by atoms with E-state index in [0.717, 1.165) is 17.4 Å². The van der Waals surface area contributed by atoms with Gasteiger partial charge >= 0.3 is 5.69 Å². The number of carbonyl (C=O) groups excluding carboxylic acids is 1. The molecule has 0 bridgehead atoms. The summed E-state index contributed by atoms with van der Waals surface area (Å²) in [7, 11) is 1.48. The summed E-state index contributed by atoms with van der Waals surface area (Å²) in [6.07, 6.45) is 3.06. The molecule has 0 saturated carbocycles. The maximum atomic E-state index is 11.7. The molecular formula is C11H18N4O3. The molecular weight excluding hydrogens is 236 g/mol. The number of nitrogens with two attached hydrogens (primary N) is 1. The molecule has 1 rings (SSSR count). The molecule has 0 atom stereocenters. The number of unbranched alkanes of at least 4 members (excludes halogenated alkanes) is 1. The fraction of sp³-hybridized carbons (Fsp3) is 0.545. The van der Waals surface area contributed by atoms with Crippen LogP contribution < -0.4 is 22.3 Å². The standard InChI is InChI=1S/C11H18N4O3/c1-3-4-5-13-9(16)7-15-10(17)8(12)6-14(2)11(15)18/h6H,3-5,7,12H2,1-2H3,(H,13,16). The smallest absolute Gasteiger partial charge is 0.331 e. The van der Waals surface area contributed by atoms with E-state index >= 15 is 0 Å². The molecule has 0 unspecified atom stereocenters. The average Bonchev–Trinajstić information content (AvgIpc) is 2.32. The second-order valence-electron chi connectivity index (χ2n) is 4.07. The van der Waals surface area contributed by atoms with Gasteiger partial charge in [-0.3, -0.25) is 9.59 Å². The highest BCUT2D eigenvalue weighted by Gasteiger charge is 2.10. The van der Waals surface area contributed by atoms with Crippen LogP contribution in [0.3, 0.4) is 0 Å². The second kappa shape index (κ2) is 6.04. The molecule has 100 valence electrons. The highest BCUT2D eigenvalue weighted by molar-refractivity contribution is 5.75. The number of carbonyl (C=O) groups is 1. The van der Waals surface area contributed by atoms with Crippen molar-refractivity contribution in [3.05, 3.63) is 27.0 Å². The molecule has 1 aromatic rings. The molecule has 1 aromatic heterocycles. The Bertz CT molecular complexity index is 510. The van der Waals surface area contributed by atoms with Crippen molar-refractivity contribution in [1.82, 2.24) is 14.5 Å². The molecule has 0 saturated heterocycles. The van der Waals surface area contributed by atoms with Crippen LogP contribution >= 0.6 is 0 Å². The van der Waals surface area contributed by atoms with Crippen molar-refractivity contribution in [1.29, 1.82) is 0 Å². The zero-order valence-electron chi connectivity index (χ0n) is 10.6. The van der Waals surface area contributed by atoms with E-state index in [1.165, 1.54) is 17.8 Å². The van der Waals surface area contributed by atoms with Gasteiger partial charge < -0.3 is 15.6 Å². The van der Waals surface area contributed by atoms with E-state index in [1.54, 1.807) is 0 Å². The number of hydrogen-bond acceptors (Lipinski definition) is 4. The van der Waals surface area contributed by atoms with Gasteiger partial charge in [-0.15, -0.1) is 0 Å². The maximum absolute atomic E-state index is 11.7. The van der Waals surface area contributed by atoms with Crippen LogP contribution in [0, 0.1) is 0 Å². The Balaban J connectivity index is 2.88. The van der Waals surface area contributed by atoms with Crippen molar-refractivity contribution in [3.63, 3.8) is 0 Å². The predicted molar refractivity (Wildman–Crippen MR) is 68.3 cm³/mol. The summed E-state index contributed by atoms with van der Waals surface area (Å²) in [5.41, 5.74) is 4.21. The van der Waals surface area contributed by atoms with Crippen molar-refractivity contribution >= 4 is 11.6 Å². The van der Waals surface area contributed by atoms with Crippen LogP contribution in [0.4, 0.5) is 5.69 Å². The fourth-order valence-electron chi connectivity index (χ4n) is 1.50. The van der Waals surface area contributed by atoms with Crippen molar-refractivity contribution in [2.75, 3.05) is 12.3 Å². The Hall–Kier alpha value is -2.05. The minimum atomic E-state index is -0.635. The Labute approximate surface area is 104 Å². The highest BCUT2D eigenvalue weighted by atomic mass is 16.2. The van der Waals surface area contributed by atoms with Crippen molar-refractivity contribution in [3.8, 4) is 0 Å². The highest BCUT2D eigenvalue weighted by Crippen LogP contribution is 1.88. The van der Waals surface area contributed by atoms with E-state index in [4.69, 9.17) is 5.73 Å². The topological polar surface area (TPSA) is 99.1 Å². The van der Waals surface area contributed by atoms with Crippen molar-refractivity contribution in [2.24, 2.45) is 7.05 Å². The molecule has 0 spiro atoms. The Kier molecular flexibility index (Phi) is 4.70. The molecule has 18 heavy (non-hydrogen) atoms. The van der Waals surface area contributed by atoms with E-state index in [0.29, 0.717) is 6.54 Å².